The van der Waals surface area contributed by atoms with E-state index in [-0.39, 0.29) is 12.2 Å². The van der Waals surface area contributed by atoms with E-state index in [1.165, 1.54) is 37.5 Å². The second-order valence-electron chi connectivity index (χ2n) is 6.58. The summed E-state index contributed by atoms with van der Waals surface area (Å²) in [5.41, 5.74) is 0.128. The highest BCUT2D eigenvalue weighted by molar-refractivity contribution is 7.92. The summed E-state index contributed by atoms with van der Waals surface area (Å²) in [4.78, 5) is 12.1. The van der Waals surface area contributed by atoms with Gasteiger partial charge < -0.3 is 10.1 Å². The summed E-state index contributed by atoms with van der Waals surface area (Å²) in [6.07, 6.45) is 7.88. The Morgan fingerprint density at radius 1 is 1.31 bits per heavy atom. The Hall–Kier alpha value is -1.67. The predicted molar refractivity (Wildman–Crippen MR) is 99.0 cm³/mol. The van der Waals surface area contributed by atoms with Crippen molar-refractivity contribution in [3.63, 3.8) is 0 Å². The largest absolute Gasteiger partial charge is 0.378 e. The van der Waals surface area contributed by atoms with Crippen molar-refractivity contribution in [3.05, 3.63) is 30.1 Å². The minimum atomic E-state index is -3.70. The summed E-state index contributed by atoms with van der Waals surface area (Å²) in [5, 5.41) is 2.69. The fourth-order valence-corrected chi connectivity index (χ4v) is 3.85. The fourth-order valence-electron chi connectivity index (χ4n) is 3.00. The zero-order chi connectivity index (χ0) is 19.0. The SMILES string of the molecule is CS(=O)(=O)N(CC(=O)NCCCOC1CCCCC1)c1cccc(F)c1. The third-order valence-electron chi connectivity index (χ3n) is 4.33. The summed E-state index contributed by atoms with van der Waals surface area (Å²) in [6.45, 7) is 0.600. The maximum Gasteiger partial charge on any atom is 0.240 e. The van der Waals surface area contributed by atoms with Gasteiger partial charge in [0, 0.05) is 13.2 Å². The first-order valence-corrected chi connectivity index (χ1v) is 10.8. The molecular weight excluding hydrogens is 359 g/mol. The van der Waals surface area contributed by atoms with Crippen LogP contribution in [0.2, 0.25) is 0 Å². The quantitative estimate of drug-likeness (QED) is 0.662. The zero-order valence-electron chi connectivity index (χ0n) is 15.1. The lowest BCUT2D eigenvalue weighted by Gasteiger charge is -2.22. The summed E-state index contributed by atoms with van der Waals surface area (Å²) < 4.78 is 43.9. The van der Waals surface area contributed by atoms with Crippen LogP contribution < -0.4 is 9.62 Å². The maximum absolute atomic E-state index is 13.4. The van der Waals surface area contributed by atoms with Crippen LogP contribution in [0, 0.1) is 5.82 Å². The van der Waals surface area contributed by atoms with Crippen molar-refractivity contribution < 1.29 is 22.3 Å². The number of rotatable bonds is 9. The highest BCUT2D eigenvalue weighted by Crippen LogP contribution is 2.20. The number of amides is 1. The molecular formula is C18H27FN2O4S. The van der Waals surface area contributed by atoms with Crippen LogP contribution in [-0.4, -0.2) is 46.4 Å². The maximum atomic E-state index is 13.4. The molecule has 1 N–H and O–H groups in total. The average molecular weight is 386 g/mol. The van der Waals surface area contributed by atoms with Gasteiger partial charge in [0.25, 0.3) is 0 Å². The minimum Gasteiger partial charge on any atom is -0.378 e. The number of carbonyl (C=O) groups is 1. The number of hydrogen-bond acceptors (Lipinski definition) is 4. The van der Waals surface area contributed by atoms with Crippen LogP contribution in [-0.2, 0) is 19.6 Å². The predicted octanol–water partition coefficient (Wildman–Crippen LogP) is 2.45. The molecule has 0 saturated heterocycles. The van der Waals surface area contributed by atoms with Gasteiger partial charge in [-0.15, -0.1) is 0 Å². The van der Waals surface area contributed by atoms with Crippen molar-refractivity contribution in [1.29, 1.82) is 0 Å². The van der Waals surface area contributed by atoms with Crippen LogP contribution in [0.25, 0.3) is 0 Å². The molecule has 8 heteroatoms. The molecule has 1 fully saturated rings. The molecule has 0 heterocycles. The lowest BCUT2D eigenvalue weighted by molar-refractivity contribution is -0.119. The van der Waals surface area contributed by atoms with E-state index in [4.69, 9.17) is 4.74 Å². The molecule has 146 valence electrons. The fraction of sp³-hybridized carbons (Fsp3) is 0.611. The number of sulfonamides is 1. The van der Waals surface area contributed by atoms with Gasteiger partial charge in [-0.1, -0.05) is 25.3 Å². The van der Waals surface area contributed by atoms with Crippen molar-refractivity contribution in [2.24, 2.45) is 0 Å². The second-order valence-corrected chi connectivity index (χ2v) is 8.49. The van der Waals surface area contributed by atoms with Crippen LogP contribution >= 0.6 is 0 Å². The van der Waals surface area contributed by atoms with Crippen LogP contribution in [0.3, 0.4) is 0 Å². The van der Waals surface area contributed by atoms with E-state index in [0.717, 1.165) is 29.5 Å². The topological polar surface area (TPSA) is 75.7 Å². The average Bonchev–Trinajstić information content (AvgIpc) is 2.59. The Morgan fingerprint density at radius 3 is 2.69 bits per heavy atom. The highest BCUT2D eigenvalue weighted by atomic mass is 32.2. The van der Waals surface area contributed by atoms with E-state index in [1.807, 2.05) is 0 Å². The van der Waals surface area contributed by atoms with E-state index in [9.17, 15) is 17.6 Å². The monoisotopic (exact) mass is 386 g/mol. The van der Waals surface area contributed by atoms with Gasteiger partial charge >= 0.3 is 0 Å². The molecule has 0 spiro atoms. The van der Waals surface area contributed by atoms with Gasteiger partial charge in [-0.05, 0) is 37.5 Å². The van der Waals surface area contributed by atoms with Gasteiger partial charge in [0.2, 0.25) is 15.9 Å². The molecule has 0 bridgehead atoms. The van der Waals surface area contributed by atoms with Gasteiger partial charge in [-0.3, -0.25) is 9.10 Å². The zero-order valence-corrected chi connectivity index (χ0v) is 15.9. The molecule has 1 aliphatic rings. The first-order chi connectivity index (χ1) is 12.4. The Labute approximate surface area is 154 Å². The minimum absolute atomic E-state index is 0.128. The highest BCUT2D eigenvalue weighted by Gasteiger charge is 2.21. The Kier molecular flexibility index (Phi) is 7.84. The molecule has 26 heavy (non-hydrogen) atoms. The molecule has 1 amide bonds. The molecule has 0 atom stereocenters. The number of benzene rings is 1. The summed E-state index contributed by atoms with van der Waals surface area (Å²) in [5.74, 6) is -0.992. The summed E-state index contributed by atoms with van der Waals surface area (Å²) >= 11 is 0. The third kappa shape index (κ3) is 6.92. The first kappa shape index (κ1) is 20.6. The molecule has 0 unspecified atom stereocenters. The van der Waals surface area contributed by atoms with E-state index < -0.39 is 21.7 Å². The number of halogens is 1. The molecule has 1 aromatic rings. The number of carbonyl (C=O) groups excluding carboxylic acids is 1. The third-order valence-corrected chi connectivity index (χ3v) is 5.47. The van der Waals surface area contributed by atoms with Crippen molar-refractivity contribution in [2.45, 2.75) is 44.6 Å². The van der Waals surface area contributed by atoms with Crippen LogP contribution in [0.15, 0.2) is 24.3 Å². The smallest absolute Gasteiger partial charge is 0.240 e. The molecule has 0 radical (unpaired) electrons. The molecule has 2 rings (SSSR count). The number of hydrogen-bond donors (Lipinski definition) is 1. The molecule has 1 aromatic carbocycles. The molecule has 6 nitrogen and oxygen atoms in total. The number of ether oxygens (including phenoxy) is 1. The molecule has 1 aliphatic carbocycles. The van der Waals surface area contributed by atoms with Crippen molar-refractivity contribution >= 4 is 21.6 Å². The van der Waals surface area contributed by atoms with Crippen molar-refractivity contribution in [1.82, 2.24) is 5.32 Å². The van der Waals surface area contributed by atoms with Crippen LogP contribution in [0.4, 0.5) is 10.1 Å². The number of anilines is 1. The number of nitrogens with one attached hydrogen (secondary N) is 1. The van der Waals surface area contributed by atoms with E-state index >= 15 is 0 Å². The number of nitrogens with zero attached hydrogens (tertiary/aromatic N) is 1. The van der Waals surface area contributed by atoms with Gasteiger partial charge in [0.05, 0.1) is 18.0 Å². The van der Waals surface area contributed by atoms with Gasteiger partial charge in [-0.25, -0.2) is 12.8 Å². The van der Waals surface area contributed by atoms with Crippen LogP contribution in [0.1, 0.15) is 38.5 Å². The normalized spacial score (nSPS) is 15.6. The Balaban J connectivity index is 1.76. The van der Waals surface area contributed by atoms with Gasteiger partial charge in [0.15, 0.2) is 0 Å². The molecule has 1 saturated carbocycles. The van der Waals surface area contributed by atoms with E-state index in [1.54, 1.807) is 0 Å². The summed E-state index contributed by atoms with van der Waals surface area (Å²) in [7, 11) is -3.70. The Morgan fingerprint density at radius 2 is 2.04 bits per heavy atom. The van der Waals surface area contributed by atoms with Gasteiger partial charge in [0.1, 0.15) is 12.4 Å². The lowest BCUT2D eigenvalue weighted by Crippen LogP contribution is -2.40. The van der Waals surface area contributed by atoms with Crippen molar-refractivity contribution in [2.75, 3.05) is 30.3 Å². The first-order valence-electron chi connectivity index (χ1n) is 8.98. The van der Waals surface area contributed by atoms with Crippen molar-refractivity contribution in [3.8, 4) is 0 Å². The Bertz CT molecular complexity index is 690. The van der Waals surface area contributed by atoms with E-state index in [2.05, 4.69) is 5.32 Å². The second kappa shape index (κ2) is 9.87. The summed E-state index contributed by atoms with van der Waals surface area (Å²) in [6, 6.07) is 5.17. The standard InChI is InChI=1S/C18H27FN2O4S/c1-26(23,24)21(16-8-5-7-15(19)13-16)14-18(22)20-11-6-12-25-17-9-3-2-4-10-17/h5,7-8,13,17H,2-4,6,9-12,14H2,1H3,(H,20,22). The lowest BCUT2D eigenvalue weighted by atomic mass is 9.98. The van der Waals surface area contributed by atoms with Crippen LogP contribution in [0.5, 0.6) is 0 Å². The van der Waals surface area contributed by atoms with Gasteiger partial charge in [-0.2, -0.15) is 0 Å². The van der Waals surface area contributed by atoms with E-state index in [0.29, 0.717) is 25.7 Å². The molecule has 0 aliphatic heterocycles. The molecule has 0 aromatic heterocycles.